The Morgan fingerprint density at radius 1 is 1.25 bits per heavy atom. The molecule has 0 aliphatic rings. The molecule has 0 unspecified atom stereocenters. The maximum absolute atomic E-state index is 5.08. The van der Waals surface area contributed by atoms with E-state index in [1.165, 1.54) is 0 Å². The molecule has 1 rings (SSSR count). The first-order valence-corrected chi connectivity index (χ1v) is 3.93. The minimum atomic E-state index is -0.0288. The molecule has 4 heteroatoms. The highest BCUT2D eigenvalue weighted by molar-refractivity contribution is 5.03. The maximum atomic E-state index is 5.08. The second kappa shape index (κ2) is 2.77. The Labute approximate surface area is 72.6 Å². The van der Waals surface area contributed by atoms with Crippen LogP contribution in [0.5, 0.6) is 6.01 Å². The van der Waals surface area contributed by atoms with Gasteiger partial charge in [-0.1, -0.05) is 5.10 Å². The van der Waals surface area contributed by atoms with Crippen molar-refractivity contribution in [2.24, 2.45) is 0 Å². The van der Waals surface area contributed by atoms with Gasteiger partial charge in [0.15, 0.2) is 0 Å². The van der Waals surface area contributed by atoms with E-state index in [1.807, 2.05) is 11.5 Å². The maximum Gasteiger partial charge on any atom is 0.317 e. The highest BCUT2D eigenvalue weighted by atomic mass is 16.5. The van der Waals surface area contributed by atoms with Crippen LogP contribution in [0.15, 0.2) is 0 Å². The summed E-state index contributed by atoms with van der Waals surface area (Å²) in [6, 6.07) is 0.569. The lowest BCUT2D eigenvalue weighted by molar-refractivity contribution is 0.295. The van der Waals surface area contributed by atoms with Gasteiger partial charge in [0.1, 0.15) is 5.82 Å². The lowest BCUT2D eigenvalue weighted by Crippen LogP contribution is -2.23. The second-order valence-electron chi connectivity index (χ2n) is 3.74. The molecule has 0 aromatic carbocycles. The van der Waals surface area contributed by atoms with Gasteiger partial charge in [-0.15, -0.1) is 5.10 Å². The minimum Gasteiger partial charge on any atom is -0.467 e. The topological polar surface area (TPSA) is 39.9 Å². The van der Waals surface area contributed by atoms with Crippen molar-refractivity contribution < 1.29 is 4.74 Å². The van der Waals surface area contributed by atoms with Crippen molar-refractivity contribution in [2.45, 2.75) is 33.2 Å². The van der Waals surface area contributed by atoms with E-state index in [0.29, 0.717) is 6.01 Å². The van der Waals surface area contributed by atoms with E-state index in [9.17, 15) is 0 Å². The fourth-order valence-corrected chi connectivity index (χ4v) is 1.25. The fraction of sp³-hybridized carbons (Fsp3) is 0.750. The molecule has 68 valence electrons. The Morgan fingerprint density at radius 2 is 1.83 bits per heavy atom. The van der Waals surface area contributed by atoms with Crippen LogP contribution in [-0.2, 0) is 5.54 Å². The fourth-order valence-electron chi connectivity index (χ4n) is 1.25. The number of hydrogen-bond donors (Lipinski definition) is 0. The molecular formula is C8H15N3O. The molecule has 1 heterocycles. The van der Waals surface area contributed by atoms with Gasteiger partial charge in [-0.3, -0.25) is 4.57 Å². The number of rotatable bonds is 1. The average Bonchev–Trinajstić information content (AvgIpc) is 2.29. The quantitative estimate of drug-likeness (QED) is 0.637. The lowest BCUT2D eigenvalue weighted by atomic mass is 10.1. The van der Waals surface area contributed by atoms with Crippen molar-refractivity contribution >= 4 is 0 Å². The van der Waals surface area contributed by atoms with Gasteiger partial charge in [0.2, 0.25) is 0 Å². The van der Waals surface area contributed by atoms with E-state index < -0.39 is 0 Å². The molecule has 0 bridgehead atoms. The molecule has 1 aromatic rings. The van der Waals surface area contributed by atoms with Gasteiger partial charge in [-0.25, -0.2) is 0 Å². The Hall–Kier alpha value is -1.06. The molecule has 1 aromatic heterocycles. The monoisotopic (exact) mass is 169 g/mol. The third kappa shape index (κ3) is 1.42. The van der Waals surface area contributed by atoms with Crippen LogP contribution < -0.4 is 4.74 Å². The summed E-state index contributed by atoms with van der Waals surface area (Å²) in [7, 11) is 1.60. The normalized spacial score (nSPS) is 11.8. The summed E-state index contributed by atoms with van der Waals surface area (Å²) in [4.78, 5) is 0. The molecule has 4 nitrogen and oxygen atoms in total. The van der Waals surface area contributed by atoms with Crippen LogP contribution >= 0.6 is 0 Å². The molecule has 0 N–H and O–H groups in total. The van der Waals surface area contributed by atoms with Gasteiger partial charge in [-0.05, 0) is 27.7 Å². The Balaban J connectivity index is 3.19. The zero-order valence-electron chi connectivity index (χ0n) is 8.25. The van der Waals surface area contributed by atoms with E-state index in [1.54, 1.807) is 7.11 Å². The zero-order valence-corrected chi connectivity index (χ0v) is 8.25. The predicted octanol–water partition coefficient (Wildman–Crippen LogP) is 1.35. The van der Waals surface area contributed by atoms with Crippen molar-refractivity contribution in [3.8, 4) is 6.01 Å². The first-order valence-electron chi connectivity index (χ1n) is 3.93. The largest absolute Gasteiger partial charge is 0.467 e. The standard InChI is InChI=1S/C8H15N3O/c1-6-9-10-7(12-5)11(6)8(2,3)4/h1-5H3. The summed E-state index contributed by atoms with van der Waals surface area (Å²) in [6.07, 6.45) is 0. The van der Waals surface area contributed by atoms with E-state index in [4.69, 9.17) is 4.74 Å². The Kier molecular flexibility index (Phi) is 2.08. The Bertz CT molecular complexity index is 272. The molecule has 0 atom stereocenters. The number of methoxy groups -OCH3 is 1. The summed E-state index contributed by atoms with van der Waals surface area (Å²) in [5, 5.41) is 7.83. The zero-order chi connectivity index (χ0) is 9.35. The molecule has 0 saturated heterocycles. The van der Waals surface area contributed by atoms with E-state index in [0.717, 1.165) is 5.82 Å². The molecule has 0 fully saturated rings. The predicted molar refractivity (Wildman–Crippen MR) is 46.3 cm³/mol. The smallest absolute Gasteiger partial charge is 0.317 e. The van der Waals surface area contributed by atoms with Crippen LogP contribution in [0.2, 0.25) is 0 Å². The summed E-state index contributed by atoms with van der Waals surface area (Å²) < 4.78 is 7.05. The summed E-state index contributed by atoms with van der Waals surface area (Å²) in [6.45, 7) is 8.18. The molecular weight excluding hydrogens is 154 g/mol. The first kappa shape index (κ1) is 9.03. The van der Waals surface area contributed by atoms with Crippen LogP contribution in [0.3, 0.4) is 0 Å². The molecule has 0 amide bonds. The van der Waals surface area contributed by atoms with Crippen molar-refractivity contribution in [2.75, 3.05) is 7.11 Å². The van der Waals surface area contributed by atoms with Gasteiger partial charge in [0.25, 0.3) is 0 Å². The first-order chi connectivity index (χ1) is 5.46. The second-order valence-corrected chi connectivity index (χ2v) is 3.74. The highest BCUT2D eigenvalue weighted by Gasteiger charge is 2.21. The van der Waals surface area contributed by atoms with Crippen molar-refractivity contribution in [3.05, 3.63) is 5.82 Å². The van der Waals surface area contributed by atoms with E-state index in [2.05, 4.69) is 31.0 Å². The van der Waals surface area contributed by atoms with Crippen LogP contribution in [0.25, 0.3) is 0 Å². The number of ether oxygens (including phenoxy) is 1. The molecule has 0 saturated carbocycles. The van der Waals surface area contributed by atoms with Crippen molar-refractivity contribution in [1.82, 2.24) is 14.8 Å². The van der Waals surface area contributed by atoms with Gasteiger partial charge >= 0.3 is 6.01 Å². The van der Waals surface area contributed by atoms with Gasteiger partial charge in [-0.2, -0.15) is 0 Å². The van der Waals surface area contributed by atoms with Crippen LogP contribution in [0.4, 0.5) is 0 Å². The third-order valence-corrected chi connectivity index (χ3v) is 1.65. The summed E-state index contributed by atoms with van der Waals surface area (Å²) >= 11 is 0. The summed E-state index contributed by atoms with van der Waals surface area (Å²) in [5.41, 5.74) is -0.0288. The number of aryl methyl sites for hydroxylation is 1. The number of nitrogens with zero attached hydrogens (tertiary/aromatic N) is 3. The number of hydrogen-bond acceptors (Lipinski definition) is 3. The van der Waals surface area contributed by atoms with Crippen LogP contribution in [0.1, 0.15) is 26.6 Å². The summed E-state index contributed by atoms with van der Waals surface area (Å²) in [5.74, 6) is 0.874. The van der Waals surface area contributed by atoms with Crippen LogP contribution in [0, 0.1) is 6.92 Å². The van der Waals surface area contributed by atoms with Crippen LogP contribution in [-0.4, -0.2) is 21.9 Å². The molecule has 0 aliphatic carbocycles. The lowest BCUT2D eigenvalue weighted by Gasteiger charge is -2.22. The van der Waals surface area contributed by atoms with Gasteiger partial charge in [0.05, 0.1) is 7.11 Å². The molecule has 0 radical (unpaired) electrons. The minimum absolute atomic E-state index is 0.0288. The van der Waals surface area contributed by atoms with E-state index in [-0.39, 0.29) is 5.54 Å². The average molecular weight is 169 g/mol. The van der Waals surface area contributed by atoms with Crippen molar-refractivity contribution in [3.63, 3.8) is 0 Å². The van der Waals surface area contributed by atoms with Gasteiger partial charge < -0.3 is 4.74 Å². The Morgan fingerprint density at radius 3 is 2.17 bits per heavy atom. The highest BCUT2D eigenvalue weighted by Crippen LogP contribution is 2.21. The molecule has 0 aliphatic heterocycles. The third-order valence-electron chi connectivity index (χ3n) is 1.65. The molecule has 0 spiro atoms. The van der Waals surface area contributed by atoms with E-state index >= 15 is 0 Å². The SMILES string of the molecule is COc1nnc(C)n1C(C)(C)C. The number of aromatic nitrogens is 3. The van der Waals surface area contributed by atoms with Gasteiger partial charge in [0, 0.05) is 5.54 Å². The molecule has 12 heavy (non-hydrogen) atoms. The van der Waals surface area contributed by atoms with Crippen molar-refractivity contribution in [1.29, 1.82) is 0 Å².